The maximum absolute atomic E-state index is 5.92. The number of hydrogen-bond donors (Lipinski definition) is 1. The molecule has 96 valence electrons. The third kappa shape index (κ3) is 2.99. The number of ether oxygens (including phenoxy) is 1. The first kappa shape index (κ1) is 13.3. The van der Waals surface area contributed by atoms with Crippen molar-refractivity contribution in [3.05, 3.63) is 51.9 Å². The first-order valence-electron chi connectivity index (χ1n) is 5.48. The number of benzene rings is 1. The maximum Gasteiger partial charge on any atom is 0.168 e. The molecule has 0 aliphatic carbocycles. The molecule has 0 spiro atoms. The van der Waals surface area contributed by atoms with E-state index in [0.717, 1.165) is 5.76 Å². The summed E-state index contributed by atoms with van der Waals surface area (Å²) in [5, 5.41) is 0.933. The summed E-state index contributed by atoms with van der Waals surface area (Å²) in [7, 11) is 0. The fraction of sp³-hybridized carbons (Fsp3) is 0.231. The SMILES string of the molecule is Cc1ccc(C(CN)Oc2ccc(Cl)c(Cl)c2)o1. The predicted octanol–water partition coefficient (Wildman–Crippen LogP) is 3.97. The van der Waals surface area contributed by atoms with Gasteiger partial charge in [0.15, 0.2) is 6.10 Å². The molecule has 0 aliphatic heterocycles. The Morgan fingerprint density at radius 2 is 2.00 bits per heavy atom. The smallest absolute Gasteiger partial charge is 0.168 e. The normalized spacial score (nSPS) is 12.4. The van der Waals surface area contributed by atoms with Crippen molar-refractivity contribution in [2.45, 2.75) is 13.0 Å². The van der Waals surface area contributed by atoms with Crippen LogP contribution in [0.2, 0.25) is 10.0 Å². The second-order valence-corrected chi connectivity index (χ2v) is 4.68. The lowest BCUT2D eigenvalue weighted by molar-refractivity contribution is 0.182. The summed E-state index contributed by atoms with van der Waals surface area (Å²) in [5.74, 6) is 2.12. The lowest BCUT2D eigenvalue weighted by Crippen LogP contribution is -2.17. The average Bonchev–Trinajstić information content (AvgIpc) is 2.77. The highest BCUT2D eigenvalue weighted by Crippen LogP contribution is 2.29. The van der Waals surface area contributed by atoms with Crippen LogP contribution in [0.1, 0.15) is 17.6 Å². The molecule has 0 saturated heterocycles. The van der Waals surface area contributed by atoms with Crippen LogP contribution in [0.3, 0.4) is 0 Å². The first-order valence-corrected chi connectivity index (χ1v) is 6.24. The highest BCUT2D eigenvalue weighted by atomic mass is 35.5. The van der Waals surface area contributed by atoms with Crippen molar-refractivity contribution < 1.29 is 9.15 Å². The fourth-order valence-corrected chi connectivity index (χ4v) is 1.85. The van der Waals surface area contributed by atoms with Crippen LogP contribution in [0.15, 0.2) is 34.7 Å². The van der Waals surface area contributed by atoms with Crippen LogP contribution in [-0.2, 0) is 0 Å². The minimum Gasteiger partial charge on any atom is -0.481 e. The van der Waals surface area contributed by atoms with Gasteiger partial charge in [0.25, 0.3) is 0 Å². The monoisotopic (exact) mass is 285 g/mol. The fourth-order valence-electron chi connectivity index (χ4n) is 1.56. The molecule has 1 heterocycles. The van der Waals surface area contributed by atoms with E-state index in [1.807, 2.05) is 19.1 Å². The van der Waals surface area contributed by atoms with Crippen LogP contribution in [0.5, 0.6) is 5.75 Å². The molecule has 0 radical (unpaired) electrons. The van der Waals surface area contributed by atoms with E-state index in [4.69, 9.17) is 38.1 Å². The van der Waals surface area contributed by atoms with E-state index in [9.17, 15) is 0 Å². The van der Waals surface area contributed by atoms with Gasteiger partial charge in [0.05, 0.1) is 10.0 Å². The van der Waals surface area contributed by atoms with Gasteiger partial charge in [-0.05, 0) is 31.2 Å². The van der Waals surface area contributed by atoms with Gasteiger partial charge in [-0.3, -0.25) is 0 Å². The summed E-state index contributed by atoms with van der Waals surface area (Å²) >= 11 is 11.8. The molecule has 0 amide bonds. The van der Waals surface area contributed by atoms with Gasteiger partial charge in [-0.2, -0.15) is 0 Å². The van der Waals surface area contributed by atoms with E-state index in [0.29, 0.717) is 28.1 Å². The highest BCUT2D eigenvalue weighted by molar-refractivity contribution is 6.42. The Hall–Kier alpha value is -1.16. The van der Waals surface area contributed by atoms with Gasteiger partial charge in [0.2, 0.25) is 0 Å². The minimum atomic E-state index is -0.337. The summed E-state index contributed by atoms with van der Waals surface area (Å²) in [6.07, 6.45) is -0.337. The summed E-state index contributed by atoms with van der Waals surface area (Å²) in [4.78, 5) is 0. The van der Waals surface area contributed by atoms with E-state index in [1.54, 1.807) is 18.2 Å². The molecule has 2 N–H and O–H groups in total. The molecule has 0 aliphatic rings. The van der Waals surface area contributed by atoms with E-state index in [1.165, 1.54) is 0 Å². The van der Waals surface area contributed by atoms with Crippen molar-refractivity contribution >= 4 is 23.2 Å². The minimum absolute atomic E-state index is 0.313. The van der Waals surface area contributed by atoms with Crippen molar-refractivity contribution in [3.63, 3.8) is 0 Å². The third-order valence-corrected chi connectivity index (χ3v) is 3.20. The topological polar surface area (TPSA) is 48.4 Å². The molecule has 1 atom stereocenters. The molecular weight excluding hydrogens is 273 g/mol. The van der Waals surface area contributed by atoms with E-state index in [-0.39, 0.29) is 6.10 Å². The van der Waals surface area contributed by atoms with Gasteiger partial charge in [0, 0.05) is 12.6 Å². The van der Waals surface area contributed by atoms with Crippen LogP contribution in [0, 0.1) is 6.92 Å². The molecule has 1 unspecified atom stereocenters. The summed E-state index contributed by atoms with van der Waals surface area (Å²) in [6.45, 7) is 2.18. The number of furan rings is 1. The van der Waals surface area contributed by atoms with Crippen molar-refractivity contribution in [1.82, 2.24) is 0 Å². The Morgan fingerprint density at radius 1 is 1.22 bits per heavy atom. The molecule has 18 heavy (non-hydrogen) atoms. The lowest BCUT2D eigenvalue weighted by atomic mass is 10.2. The molecule has 0 bridgehead atoms. The summed E-state index contributed by atoms with van der Waals surface area (Å²) in [5.41, 5.74) is 5.69. The Balaban J connectivity index is 2.17. The van der Waals surface area contributed by atoms with Crippen molar-refractivity contribution in [2.75, 3.05) is 6.54 Å². The Labute approximate surface area is 115 Å². The van der Waals surface area contributed by atoms with E-state index < -0.39 is 0 Å². The zero-order valence-corrected chi connectivity index (χ0v) is 11.3. The zero-order valence-electron chi connectivity index (χ0n) is 9.82. The van der Waals surface area contributed by atoms with E-state index in [2.05, 4.69) is 0 Å². The molecule has 0 saturated carbocycles. The van der Waals surface area contributed by atoms with Crippen molar-refractivity contribution in [1.29, 1.82) is 0 Å². The molecule has 5 heteroatoms. The van der Waals surface area contributed by atoms with Gasteiger partial charge in [-0.15, -0.1) is 0 Å². The van der Waals surface area contributed by atoms with Crippen molar-refractivity contribution in [3.8, 4) is 5.75 Å². The number of hydrogen-bond acceptors (Lipinski definition) is 3. The Kier molecular flexibility index (Phi) is 4.17. The van der Waals surface area contributed by atoms with Gasteiger partial charge >= 0.3 is 0 Å². The molecular formula is C13H13Cl2NO2. The summed E-state index contributed by atoms with van der Waals surface area (Å²) < 4.78 is 11.2. The molecule has 3 nitrogen and oxygen atoms in total. The number of halogens is 2. The largest absolute Gasteiger partial charge is 0.481 e. The van der Waals surface area contributed by atoms with Crippen molar-refractivity contribution in [2.24, 2.45) is 5.73 Å². The zero-order chi connectivity index (χ0) is 13.1. The predicted molar refractivity (Wildman–Crippen MR) is 72.3 cm³/mol. The number of nitrogens with two attached hydrogens (primary N) is 1. The van der Waals surface area contributed by atoms with Crippen LogP contribution in [0.25, 0.3) is 0 Å². The first-order chi connectivity index (χ1) is 8.60. The van der Waals surface area contributed by atoms with E-state index >= 15 is 0 Å². The van der Waals surface area contributed by atoms with Crippen LogP contribution >= 0.6 is 23.2 Å². The quantitative estimate of drug-likeness (QED) is 0.925. The Bertz CT molecular complexity index is 540. The Morgan fingerprint density at radius 3 is 2.56 bits per heavy atom. The number of aryl methyl sites for hydroxylation is 1. The molecule has 1 aromatic heterocycles. The molecule has 1 aromatic carbocycles. The van der Waals surface area contributed by atoms with Crippen LogP contribution < -0.4 is 10.5 Å². The highest BCUT2D eigenvalue weighted by Gasteiger charge is 2.15. The van der Waals surface area contributed by atoms with Gasteiger partial charge in [-0.25, -0.2) is 0 Å². The molecule has 2 rings (SSSR count). The van der Waals surface area contributed by atoms with Crippen LogP contribution in [0.4, 0.5) is 0 Å². The van der Waals surface area contributed by atoms with Gasteiger partial charge in [0.1, 0.15) is 17.3 Å². The van der Waals surface area contributed by atoms with Gasteiger partial charge < -0.3 is 14.9 Å². The second-order valence-electron chi connectivity index (χ2n) is 3.87. The number of rotatable bonds is 4. The third-order valence-electron chi connectivity index (χ3n) is 2.46. The standard InChI is InChI=1S/C13H13Cl2NO2/c1-8-2-5-12(17-8)13(7-16)18-9-3-4-10(14)11(15)6-9/h2-6,13H,7,16H2,1H3. The lowest BCUT2D eigenvalue weighted by Gasteiger charge is -2.15. The second kappa shape index (κ2) is 5.65. The van der Waals surface area contributed by atoms with Crippen LogP contribution in [-0.4, -0.2) is 6.54 Å². The summed E-state index contributed by atoms with van der Waals surface area (Å²) in [6, 6.07) is 8.80. The van der Waals surface area contributed by atoms with Gasteiger partial charge in [-0.1, -0.05) is 23.2 Å². The average molecular weight is 286 g/mol. The maximum atomic E-state index is 5.92. The molecule has 2 aromatic rings. The molecule has 0 fully saturated rings.